The van der Waals surface area contributed by atoms with E-state index in [1.165, 1.54) is 23.5 Å². The van der Waals surface area contributed by atoms with Gasteiger partial charge in [-0.3, -0.25) is 0 Å². The minimum Gasteiger partial charge on any atom is -0.326 e. The molecule has 0 amide bonds. The van der Waals surface area contributed by atoms with Gasteiger partial charge in [0.05, 0.1) is 5.56 Å². The Morgan fingerprint density at radius 1 is 1.17 bits per heavy atom. The molecule has 0 saturated carbocycles. The molecule has 2 N–H and O–H groups in total. The molecule has 0 saturated heterocycles. The molecule has 0 aliphatic carbocycles. The standard InChI is InChI=1S/C13H12F3NS/c1-8-2-5-12(18-8)9-3-4-10(7-17)11(6-9)13(14,15)16/h2-6H,7,17H2,1H3. The predicted molar refractivity (Wildman–Crippen MR) is 67.4 cm³/mol. The second kappa shape index (κ2) is 4.74. The molecular formula is C13H12F3NS. The van der Waals surface area contributed by atoms with Gasteiger partial charge in [-0.25, -0.2) is 0 Å². The second-order valence-electron chi connectivity index (χ2n) is 3.98. The van der Waals surface area contributed by atoms with E-state index < -0.39 is 11.7 Å². The minimum absolute atomic E-state index is 0.113. The molecule has 2 aromatic rings. The van der Waals surface area contributed by atoms with Gasteiger partial charge in [-0.1, -0.05) is 12.1 Å². The summed E-state index contributed by atoms with van der Waals surface area (Å²) in [7, 11) is 0. The summed E-state index contributed by atoms with van der Waals surface area (Å²) in [5, 5.41) is 0. The van der Waals surface area contributed by atoms with Crippen molar-refractivity contribution in [3.05, 3.63) is 46.3 Å². The molecular weight excluding hydrogens is 259 g/mol. The Balaban J connectivity index is 2.52. The van der Waals surface area contributed by atoms with Crippen molar-refractivity contribution in [3.63, 3.8) is 0 Å². The van der Waals surface area contributed by atoms with E-state index >= 15 is 0 Å². The van der Waals surface area contributed by atoms with Crippen LogP contribution in [-0.2, 0) is 12.7 Å². The summed E-state index contributed by atoms with van der Waals surface area (Å²) in [6.45, 7) is 1.81. The van der Waals surface area contributed by atoms with Gasteiger partial charge in [0.2, 0.25) is 0 Å². The Hall–Kier alpha value is -1.33. The van der Waals surface area contributed by atoms with Crippen molar-refractivity contribution < 1.29 is 13.2 Å². The van der Waals surface area contributed by atoms with Gasteiger partial charge < -0.3 is 5.73 Å². The summed E-state index contributed by atoms with van der Waals surface area (Å²) in [6, 6.07) is 8.03. The zero-order chi connectivity index (χ0) is 13.3. The van der Waals surface area contributed by atoms with Crippen molar-refractivity contribution in [3.8, 4) is 10.4 Å². The Labute approximate surface area is 107 Å². The lowest BCUT2D eigenvalue weighted by atomic mass is 10.0. The number of benzene rings is 1. The summed E-state index contributed by atoms with van der Waals surface area (Å²) in [5.74, 6) is 0. The highest BCUT2D eigenvalue weighted by Gasteiger charge is 2.33. The molecule has 18 heavy (non-hydrogen) atoms. The molecule has 1 heterocycles. The van der Waals surface area contributed by atoms with Crippen molar-refractivity contribution in [2.45, 2.75) is 19.6 Å². The summed E-state index contributed by atoms with van der Waals surface area (Å²) in [4.78, 5) is 1.91. The second-order valence-corrected chi connectivity index (χ2v) is 5.27. The van der Waals surface area contributed by atoms with Gasteiger partial charge >= 0.3 is 6.18 Å². The van der Waals surface area contributed by atoms with E-state index in [9.17, 15) is 13.2 Å². The van der Waals surface area contributed by atoms with Gasteiger partial charge in [-0.2, -0.15) is 13.2 Å². The number of aryl methyl sites for hydroxylation is 1. The lowest BCUT2D eigenvalue weighted by Gasteiger charge is -2.13. The maximum absolute atomic E-state index is 12.9. The Bertz CT molecular complexity index is 558. The number of hydrogen-bond donors (Lipinski definition) is 1. The van der Waals surface area contributed by atoms with Gasteiger partial charge in [0, 0.05) is 16.3 Å². The van der Waals surface area contributed by atoms with Crippen molar-refractivity contribution in [1.82, 2.24) is 0 Å². The highest BCUT2D eigenvalue weighted by Crippen LogP contribution is 2.36. The van der Waals surface area contributed by atoms with Crippen LogP contribution in [0.5, 0.6) is 0 Å². The third-order valence-electron chi connectivity index (χ3n) is 2.66. The van der Waals surface area contributed by atoms with E-state index in [1.807, 2.05) is 19.1 Å². The molecule has 0 radical (unpaired) electrons. The average Bonchev–Trinajstić information content (AvgIpc) is 2.74. The quantitative estimate of drug-likeness (QED) is 0.870. The van der Waals surface area contributed by atoms with Crippen LogP contribution in [0.3, 0.4) is 0 Å². The molecule has 0 aliphatic rings. The van der Waals surface area contributed by atoms with Crippen molar-refractivity contribution >= 4 is 11.3 Å². The largest absolute Gasteiger partial charge is 0.416 e. The first-order chi connectivity index (χ1) is 8.41. The van der Waals surface area contributed by atoms with Crippen LogP contribution >= 0.6 is 11.3 Å². The molecule has 0 fully saturated rings. The maximum Gasteiger partial charge on any atom is 0.416 e. The predicted octanol–water partition coefficient (Wildman–Crippen LogP) is 4.20. The lowest BCUT2D eigenvalue weighted by Crippen LogP contribution is -2.11. The van der Waals surface area contributed by atoms with E-state index in [0.29, 0.717) is 5.56 Å². The van der Waals surface area contributed by atoms with Gasteiger partial charge in [0.25, 0.3) is 0 Å². The molecule has 1 aromatic carbocycles. The summed E-state index contributed by atoms with van der Waals surface area (Å²) in [6.07, 6.45) is -4.36. The van der Waals surface area contributed by atoms with Crippen molar-refractivity contribution in [1.29, 1.82) is 0 Å². The molecule has 0 bridgehead atoms. The van der Waals surface area contributed by atoms with Crippen LogP contribution in [0.1, 0.15) is 16.0 Å². The first kappa shape index (κ1) is 13.1. The first-order valence-electron chi connectivity index (χ1n) is 5.39. The highest BCUT2D eigenvalue weighted by molar-refractivity contribution is 7.15. The van der Waals surface area contributed by atoms with E-state index in [4.69, 9.17) is 5.73 Å². The van der Waals surface area contributed by atoms with E-state index in [0.717, 1.165) is 9.75 Å². The van der Waals surface area contributed by atoms with Crippen LogP contribution in [0.2, 0.25) is 0 Å². The molecule has 0 spiro atoms. The number of nitrogens with two attached hydrogens (primary N) is 1. The third kappa shape index (κ3) is 2.57. The van der Waals surface area contributed by atoms with Crippen LogP contribution in [0, 0.1) is 6.92 Å². The Kier molecular flexibility index (Phi) is 3.45. The van der Waals surface area contributed by atoms with Crippen LogP contribution in [-0.4, -0.2) is 0 Å². The monoisotopic (exact) mass is 271 g/mol. The van der Waals surface area contributed by atoms with Gasteiger partial charge in [-0.15, -0.1) is 11.3 Å². The molecule has 1 nitrogen and oxygen atoms in total. The molecule has 0 atom stereocenters. The smallest absolute Gasteiger partial charge is 0.326 e. The fourth-order valence-corrected chi connectivity index (χ4v) is 2.63. The number of halogens is 3. The fourth-order valence-electron chi connectivity index (χ4n) is 1.76. The average molecular weight is 271 g/mol. The zero-order valence-corrected chi connectivity index (χ0v) is 10.5. The van der Waals surface area contributed by atoms with Crippen LogP contribution < -0.4 is 5.73 Å². The molecule has 96 valence electrons. The van der Waals surface area contributed by atoms with Crippen molar-refractivity contribution in [2.24, 2.45) is 5.73 Å². The SMILES string of the molecule is Cc1ccc(-c2ccc(CN)c(C(F)(F)F)c2)s1. The normalized spacial score (nSPS) is 11.8. The summed E-state index contributed by atoms with van der Waals surface area (Å²) < 4.78 is 38.7. The maximum atomic E-state index is 12.9. The van der Waals surface area contributed by atoms with Crippen LogP contribution in [0.4, 0.5) is 13.2 Å². The first-order valence-corrected chi connectivity index (χ1v) is 6.20. The Morgan fingerprint density at radius 2 is 1.89 bits per heavy atom. The van der Waals surface area contributed by atoms with Crippen LogP contribution in [0.25, 0.3) is 10.4 Å². The number of rotatable bonds is 2. The highest BCUT2D eigenvalue weighted by atomic mass is 32.1. The lowest BCUT2D eigenvalue weighted by molar-refractivity contribution is -0.138. The number of thiophene rings is 1. The Morgan fingerprint density at radius 3 is 2.39 bits per heavy atom. The van der Waals surface area contributed by atoms with Gasteiger partial charge in [0.15, 0.2) is 0 Å². The molecule has 5 heteroatoms. The topological polar surface area (TPSA) is 26.0 Å². The number of hydrogen-bond acceptors (Lipinski definition) is 2. The minimum atomic E-state index is -4.36. The van der Waals surface area contributed by atoms with Gasteiger partial charge in [-0.05, 0) is 36.2 Å². The fraction of sp³-hybridized carbons (Fsp3) is 0.231. The van der Waals surface area contributed by atoms with E-state index in [-0.39, 0.29) is 12.1 Å². The van der Waals surface area contributed by atoms with E-state index in [2.05, 4.69) is 0 Å². The third-order valence-corrected chi connectivity index (χ3v) is 3.71. The molecule has 1 aromatic heterocycles. The number of alkyl halides is 3. The molecule has 2 rings (SSSR count). The van der Waals surface area contributed by atoms with Crippen molar-refractivity contribution in [2.75, 3.05) is 0 Å². The van der Waals surface area contributed by atoms with Gasteiger partial charge in [0.1, 0.15) is 0 Å². The molecule has 0 unspecified atom stereocenters. The summed E-state index contributed by atoms with van der Waals surface area (Å²) in [5.41, 5.74) is 5.40. The van der Waals surface area contributed by atoms with Crippen LogP contribution in [0.15, 0.2) is 30.3 Å². The zero-order valence-electron chi connectivity index (χ0n) is 9.71. The van der Waals surface area contributed by atoms with E-state index in [1.54, 1.807) is 6.07 Å². The summed E-state index contributed by atoms with van der Waals surface area (Å²) >= 11 is 1.48. The molecule has 0 aliphatic heterocycles.